The maximum atomic E-state index is 13.5. The third-order valence-electron chi connectivity index (χ3n) is 4.97. The molecule has 0 spiro atoms. The van der Waals surface area contributed by atoms with Crippen molar-refractivity contribution in [2.24, 2.45) is 0 Å². The second kappa shape index (κ2) is 8.74. The topological polar surface area (TPSA) is 52.6 Å². The van der Waals surface area contributed by atoms with Crippen LogP contribution in [0.25, 0.3) is 10.8 Å². The molecule has 0 aliphatic carbocycles. The SMILES string of the molecule is CCOC(=O)C1(C(=O)OCC)Sc2cccc3cccc(c23)SC1c1ccccc1. The Balaban J connectivity index is 2.01. The van der Waals surface area contributed by atoms with Crippen LogP contribution in [-0.4, -0.2) is 29.9 Å². The fourth-order valence-corrected chi connectivity index (χ4v) is 6.79. The minimum absolute atomic E-state index is 0.184. The van der Waals surface area contributed by atoms with Crippen LogP contribution in [0.1, 0.15) is 24.7 Å². The maximum absolute atomic E-state index is 13.5. The number of thioether (sulfide) groups is 2. The summed E-state index contributed by atoms with van der Waals surface area (Å²) < 4.78 is 9.40. The van der Waals surface area contributed by atoms with E-state index in [2.05, 4.69) is 0 Å². The normalized spacial score (nSPS) is 17.2. The molecule has 0 N–H and O–H groups in total. The van der Waals surface area contributed by atoms with Crippen molar-refractivity contribution in [3.63, 3.8) is 0 Å². The van der Waals surface area contributed by atoms with Crippen LogP contribution in [0.3, 0.4) is 0 Å². The van der Waals surface area contributed by atoms with Crippen molar-refractivity contribution < 1.29 is 19.1 Å². The Kier molecular flexibility index (Phi) is 6.06. The summed E-state index contributed by atoms with van der Waals surface area (Å²) in [6.07, 6.45) is 0. The lowest BCUT2D eigenvalue weighted by Crippen LogP contribution is -2.49. The number of hydrogen-bond acceptors (Lipinski definition) is 6. The van der Waals surface area contributed by atoms with Gasteiger partial charge in [0.1, 0.15) is 0 Å². The van der Waals surface area contributed by atoms with Crippen LogP contribution in [0, 0.1) is 0 Å². The molecule has 1 heterocycles. The summed E-state index contributed by atoms with van der Waals surface area (Å²) in [5.74, 6) is -1.14. The Labute approximate surface area is 184 Å². The molecule has 3 aromatic carbocycles. The molecule has 30 heavy (non-hydrogen) atoms. The molecular weight excluding hydrogens is 416 g/mol. The second-order valence-corrected chi connectivity index (χ2v) is 9.23. The van der Waals surface area contributed by atoms with Gasteiger partial charge in [0.2, 0.25) is 4.75 Å². The molecule has 0 aromatic heterocycles. The summed E-state index contributed by atoms with van der Waals surface area (Å²) in [6.45, 7) is 3.87. The molecule has 154 valence electrons. The van der Waals surface area contributed by atoms with E-state index in [1.165, 1.54) is 23.5 Å². The van der Waals surface area contributed by atoms with E-state index >= 15 is 0 Å². The number of esters is 2. The van der Waals surface area contributed by atoms with Crippen molar-refractivity contribution >= 4 is 46.2 Å². The minimum Gasteiger partial charge on any atom is -0.464 e. The summed E-state index contributed by atoms with van der Waals surface area (Å²) in [7, 11) is 0. The highest BCUT2D eigenvalue weighted by Crippen LogP contribution is 2.58. The summed E-state index contributed by atoms with van der Waals surface area (Å²) in [4.78, 5) is 28.9. The number of benzene rings is 3. The number of hydrogen-bond donors (Lipinski definition) is 0. The van der Waals surface area contributed by atoms with Crippen LogP contribution in [0.5, 0.6) is 0 Å². The van der Waals surface area contributed by atoms with Gasteiger partial charge in [-0.1, -0.05) is 66.4 Å². The standard InChI is InChI=1S/C24H22O4S2/c1-3-27-22(25)24(23(26)28-4-2)21(17-10-6-5-7-11-17)29-18-14-8-12-16-13-9-15-19(30-24)20(16)18/h5-15,21H,3-4H2,1-2H3. The zero-order chi connectivity index (χ0) is 21.1. The Morgan fingerprint density at radius 1 is 0.833 bits per heavy atom. The zero-order valence-electron chi connectivity index (χ0n) is 16.8. The van der Waals surface area contributed by atoms with Gasteiger partial charge in [-0.2, -0.15) is 0 Å². The highest BCUT2D eigenvalue weighted by Gasteiger charge is 2.58. The molecule has 0 saturated heterocycles. The maximum Gasteiger partial charge on any atom is 0.335 e. The average Bonchev–Trinajstić information content (AvgIpc) is 2.92. The lowest BCUT2D eigenvalue weighted by molar-refractivity contribution is -0.158. The molecule has 1 atom stereocenters. The molecule has 0 saturated carbocycles. The van der Waals surface area contributed by atoms with Crippen LogP contribution < -0.4 is 0 Å². The highest BCUT2D eigenvalue weighted by molar-refractivity contribution is 8.06. The van der Waals surface area contributed by atoms with Gasteiger partial charge in [0.15, 0.2) is 0 Å². The van der Waals surface area contributed by atoms with Gasteiger partial charge in [-0.25, -0.2) is 9.59 Å². The zero-order valence-corrected chi connectivity index (χ0v) is 18.4. The monoisotopic (exact) mass is 438 g/mol. The summed E-state index contributed by atoms with van der Waals surface area (Å²) in [5.41, 5.74) is 0.876. The molecule has 0 fully saturated rings. The molecule has 6 heteroatoms. The predicted molar refractivity (Wildman–Crippen MR) is 121 cm³/mol. The van der Waals surface area contributed by atoms with Gasteiger partial charge in [-0.05, 0) is 36.9 Å². The van der Waals surface area contributed by atoms with Gasteiger partial charge in [-0.3, -0.25) is 0 Å². The van der Waals surface area contributed by atoms with Gasteiger partial charge in [0.05, 0.1) is 18.5 Å². The summed E-state index contributed by atoms with van der Waals surface area (Å²) in [6, 6.07) is 21.7. The van der Waals surface area contributed by atoms with Gasteiger partial charge < -0.3 is 9.47 Å². The lowest BCUT2D eigenvalue weighted by Gasteiger charge is -2.34. The van der Waals surface area contributed by atoms with Crippen LogP contribution in [0.4, 0.5) is 0 Å². The predicted octanol–water partition coefficient (Wildman–Crippen LogP) is 5.64. The van der Waals surface area contributed by atoms with E-state index in [4.69, 9.17) is 9.47 Å². The molecule has 4 nitrogen and oxygen atoms in total. The van der Waals surface area contributed by atoms with Crippen molar-refractivity contribution in [1.82, 2.24) is 0 Å². The van der Waals surface area contributed by atoms with E-state index in [9.17, 15) is 9.59 Å². The Morgan fingerprint density at radius 2 is 1.43 bits per heavy atom. The van der Waals surface area contributed by atoms with Gasteiger partial charge >= 0.3 is 11.9 Å². The van der Waals surface area contributed by atoms with Crippen molar-refractivity contribution in [3.8, 4) is 0 Å². The highest BCUT2D eigenvalue weighted by atomic mass is 32.2. The first-order chi connectivity index (χ1) is 14.6. The molecule has 0 radical (unpaired) electrons. The van der Waals surface area contributed by atoms with E-state index in [1.54, 1.807) is 13.8 Å². The van der Waals surface area contributed by atoms with Gasteiger partial charge in [-0.15, -0.1) is 11.8 Å². The first kappa shape index (κ1) is 20.8. The second-order valence-electron chi connectivity index (χ2n) is 6.80. The van der Waals surface area contributed by atoms with Crippen molar-refractivity contribution in [2.75, 3.05) is 13.2 Å². The molecule has 0 bridgehead atoms. The lowest BCUT2D eigenvalue weighted by atomic mass is 9.97. The van der Waals surface area contributed by atoms with Crippen molar-refractivity contribution in [3.05, 3.63) is 72.3 Å². The van der Waals surface area contributed by atoms with Gasteiger partial charge in [0, 0.05) is 15.2 Å². The van der Waals surface area contributed by atoms with Gasteiger partial charge in [0.25, 0.3) is 0 Å². The minimum atomic E-state index is -1.56. The smallest absolute Gasteiger partial charge is 0.335 e. The third kappa shape index (κ3) is 3.48. The quantitative estimate of drug-likeness (QED) is 0.379. The first-order valence-corrected chi connectivity index (χ1v) is 11.6. The van der Waals surface area contributed by atoms with Crippen molar-refractivity contribution in [2.45, 2.75) is 33.6 Å². The van der Waals surface area contributed by atoms with E-state index in [-0.39, 0.29) is 13.2 Å². The van der Waals surface area contributed by atoms with E-state index < -0.39 is 21.9 Å². The molecule has 1 unspecified atom stereocenters. The van der Waals surface area contributed by atoms with Crippen molar-refractivity contribution in [1.29, 1.82) is 0 Å². The Bertz CT molecular complexity index is 1060. The summed E-state index contributed by atoms with van der Waals surface area (Å²) in [5, 5.41) is 1.60. The Morgan fingerprint density at radius 3 is 2.03 bits per heavy atom. The molecule has 3 aromatic rings. The fourth-order valence-electron chi connectivity index (χ4n) is 3.68. The Hall–Kier alpha value is -2.44. The van der Waals surface area contributed by atoms with Crippen LogP contribution in [-0.2, 0) is 19.1 Å². The molecular formula is C24H22O4S2. The van der Waals surface area contributed by atoms with Crippen LogP contribution in [0.2, 0.25) is 0 Å². The molecule has 0 amide bonds. The van der Waals surface area contributed by atoms with Crippen LogP contribution >= 0.6 is 23.5 Å². The van der Waals surface area contributed by atoms with E-state index in [1.807, 2.05) is 66.7 Å². The molecule has 1 aliphatic rings. The van der Waals surface area contributed by atoms with Crippen LogP contribution in [0.15, 0.2) is 76.5 Å². The number of rotatable bonds is 5. The fraction of sp³-hybridized carbons (Fsp3) is 0.250. The molecule has 4 rings (SSSR count). The van der Waals surface area contributed by atoms with E-state index in [0.717, 1.165) is 26.1 Å². The average molecular weight is 439 g/mol. The first-order valence-electron chi connectivity index (χ1n) is 9.88. The number of carbonyl (C=O) groups excluding carboxylic acids is 2. The molecule has 1 aliphatic heterocycles. The number of ether oxygens (including phenoxy) is 2. The third-order valence-corrected chi connectivity index (χ3v) is 8.03. The largest absolute Gasteiger partial charge is 0.464 e. The number of carbonyl (C=O) groups is 2. The van der Waals surface area contributed by atoms with E-state index in [0.29, 0.717) is 0 Å². The summed E-state index contributed by atoms with van der Waals surface area (Å²) >= 11 is 2.76.